The Bertz CT molecular complexity index is 707. The van der Waals surface area contributed by atoms with E-state index in [4.69, 9.17) is 9.15 Å². The Morgan fingerprint density at radius 1 is 1.48 bits per heavy atom. The van der Waals surface area contributed by atoms with Gasteiger partial charge in [0.25, 0.3) is 0 Å². The number of nitrogens with one attached hydrogen (secondary N) is 1. The zero-order chi connectivity index (χ0) is 16.0. The number of aryl methyl sites for hydroxylation is 1. The fourth-order valence-electron chi connectivity index (χ4n) is 3.43. The van der Waals surface area contributed by atoms with E-state index in [1.807, 2.05) is 37.0 Å². The highest BCUT2D eigenvalue weighted by Crippen LogP contribution is 2.48. The zero-order valence-electron chi connectivity index (χ0n) is 13.4. The lowest BCUT2D eigenvalue weighted by molar-refractivity contribution is -0.123. The van der Waals surface area contributed by atoms with E-state index in [-0.39, 0.29) is 29.9 Å². The van der Waals surface area contributed by atoms with Crippen molar-refractivity contribution in [2.45, 2.75) is 37.8 Å². The first-order valence-corrected chi connectivity index (χ1v) is 8.09. The predicted octanol–water partition coefficient (Wildman–Crippen LogP) is 2.07. The molecule has 23 heavy (non-hydrogen) atoms. The second-order valence-electron chi connectivity index (χ2n) is 6.47. The normalized spacial score (nSPS) is 29.7. The summed E-state index contributed by atoms with van der Waals surface area (Å²) in [5, 5.41) is 7.45. The largest absolute Gasteiger partial charge is 0.469 e. The van der Waals surface area contributed by atoms with Gasteiger partial charge in [-0.1, -0.05) is 0 Å². The maximum absolute atomic E-state index is 12.5. The molecule has 0 radical (unpaired) electrons. The Labute approximate surface area is 134 Å². The van der Waals surface area contributed by atoms with Crippen LogP contribution in [0.5, 0.6) is 0 Å². The predicted molar refractivity (Wildman–Crippen MR) is 82.7 cm³/mol. The molecule has 1 amide bonds. The molecule has 2 aromatic heterocycles. The third-order valence-electron chi connectivity index (χ3n) is 5.03. The summed E-state index contributed by atoms with van der Waals surface area (Å²) in [5.41, 5.74) is 2.14. The molecule has 3 heterocycles. The van der Waals surface area contributed by atoms with Gasteiger partial charge in [0.1, 0.15) is 11.9 Å². The molecular weight excluding hydrogens is 294 g/mol. The summed E-state index contributed by atoms with van der Waals surface area (Å²) in [6, 6.07) is 3.83. The molecule has 1 N–H and O–H groups in total. The van der Waals surface area contributed by atoms with Crippen molar-refractivity contribution in [3.8, 4) is 0 Å². The van der Waals surface area contributed by atoms with Gasteiger partial charge in [0.15, 0.2) is 0 Å². The van der Waals surface area contributed by atoms with E-state index >= 15 is 0 Å². The standard InChI is InChI=1S/C17H21N3O3/c1-10-13(9-18-20(10)2)16-14(5-7-23-16)19-17(21)12-8-11(12)15-4-3-6-22-15/h3-4,6,9,11-12,14,16H,5,7-8H2,1-2H3,(H,19,21)/t11-,12-,14+,16-/m1/s1. The SMILES string of the molecule is Cc1c([C@H]2OCC[C@@H]2NC(=O)[C@@H]2C[C@H]2c2ccco2)cnn1C. The van der Waals surface area contributed by atoms with Gasteiger partial charge in [-0.3, -0.25) is 9.48 Å². The van der Waals surface area contributed by atoms with E-state index in [2.05, 4.69) is 10.4 Å². The molecule has 0 spiro atoms. The van der Waals surface area contributed by atoms with Crippen LogP contribution in [0.2, 0.25) is 0 Å². The summed E-state index contributed by atoms with van der Waals surface area (Å²) in [5.74, 6) is 1.27. The topological polar surface area (TPSA) is 69.3 Å². The summed E-state index contributed by atoms with van der Waals surface area (Å²) in [6.45, 7) is 2.69. The van der Waals surface area contributed by atoms with E-state index < -0.39 is 0 Å². The average molecular weight is 315 g/mol. The van der Waals surface area contributed by atoms with Gasteiger partial charge in [-0.15, -0.1) is 0 Å². The van der Waals surface area contributed by atoms with Crippen LogP contribution in [0.3, 0.4) is 0 Å². The van der Waals surface area contributed by atoms with Crippen molar-refractivity contribution in [3.63, 3.8) is 0 Å². The number of rotatable bonds is 4. The maximum atomic E-state index is 12.5. The van der Waals surface area contributed by atoms with Gasteiger partial charge in [0, 0.05) is 36.7 Å². The van der Waals surface area contributed by atoms with Gasteiger partial charge in [0.05, 0.1) is 18.5 Å². The molecule has 2 aromatic rings. The van der Waals surface area contributed by atoms with Crippen molar-refractivity contribution in [2.24, 2.45) is 13.0 Å². The molecule has 1 aliphatic carbocycles. The van der Waals surface area contributed by atoms with Crippen molar-refractivity contribution in [1.82, 2.24) is 15.1 Å². The number of furan rings is 1. The van der Waals surface area contributed by atoms with Crippen LogP contribution in [0.4, 0.5) is 0 Å². The summed E-state index contributed by atoms with van der Waals surface area (Å²) in [7, 11) is 1.92. The Balaban J connectivity index is 1.42. The third kappa shape index (κ3) is 2.57. The number of nitrogens with zero attached hydrogens (tertiary/aromatic N) is 2. The number of carbonyl (C=O) groups is 1. The molecule has 1 saturated heterocycles. The highest BCUT2D eigenvalue weighted by Gasteiger charge is 2.47. The Kier molecular flexibility index (Phi) is 3.49. The molecule has 0 aromatic carbocycles. The average Bonchev–Trinajstić information content (AvgIpc) is 2.90. The summed E-state index contributed by atoms with van der Waals surface area (Å²) >= 11 is 0. The lowest BCUT2D eigenvalue weighted by atomic mass is 10.0. The summed E-state index contributed by atoms with van der Waals surface area (Å²) in [4.78, 5) is 12.5. The van der Waals surface area contributed by atoms with Crippen molar-refractivity contribution >= 4 is 5.91 Å². The Morgan fingerprint density at radius 3 is 3.04 bits per heavy atom. The summed E-state index contributed by atoms with van der Waals surface area (Å²) < 4.78 is 13.1. The Morgan fingerprint density at radius 2 is 2.35 bits per heavy atom. The van der Waals surface area contributed by atoms with Crippen LogP contribution in [-0.4, -0.2) is 28.3 Å². The smallest absolute Gasteiger partial charge is 0.224 e. The van der Waals surface area contributed by atoms with Crippen LogP contribution in [0.25, 0.3) is 0 Å². The van der Waals surface area contributed by atoms with Crippen LogP contribution in [0.15, 0.2) is 29.0 Å². The van der Waals surface area contributed by atoms with Crippen LogP contribution in [-0.2, 0) is 16.6 Å². The number of aromatic nitrogens is 2. The molecule has 2 fully saturated rings. The van der Waals surface area contributed by atoms with E-state index in [9.17, 15) is 4.79 Å². The van der Waals surface area contributed by atoms with Crippen molar-refractivity contribution in [2.75, 3.05) is 6.61 Å². The first kappa shape index (κ1) is 14.5. The summed E-state index contributed by atoms with van der Waals surface area (Å²) in [6.07, 6.45) is 5.10. The zero-order valence-corrected chi connectivity index (χ0v) is 13.4. The van der Waals surface area contributed by atoms with Crippen molar-refractivity contribution in [1.29, 1.82) is 0 Å². The van der Waals surface area contributed by atoms with Crippen LogP contribution in [0.1, 0.15) is 41.9 Å². The first-order chi connectivity index (χ1) is 11.1. The molecule has 6 heteroatoms. The molecule has 0 bridgehead atoms. The molecule has 122 valence electrons. The number of hydrogen-bond acceptors (Lipinski definition) is 4. The molecule has 1 saturated carbocycles. The second-order valence-corrected chi connectivity index (χ2v) is 6.47. The number of amides is 1. The van der Waals surface area contributed by atoms with Crippen LogP contribution < -0.4 is 5.32 Å². The van der Waals surface area contributed by atoms with E-state index in [0.29, 0.717) is 6.61 Å². The second kappa shape index (κ2) is 5.53. The first-order valence-electron chi connectivity index (χ1n) is 8.09. The minimum atomic E-state index is -0.103. The van der Waals surface area contributed by atoms with E-state index in [0.717, 1.165) is 29.9 Å². The third-order valence-corrected chi connectivity index (χ3v) is 5.03. The Hall–Kier alpha value is -2.08. The minimum Gasteiger partial charge on any atom is -0.469 e. The monoisotopic (exact) mass is 315 g/mol. The fraction of sp³-hybridized carbons (Fsp3) is 0.529. The van der Waals surface area contributed by atoms with Gasteiger partial charge in [-0.2, -0.15) is 5.10 Å². The number of carbonyl (C=O) groups excluding carboxylic acids is 1. The molecule has 6 nitrogen and oxygen atoms in total. The van der Waals surface area contributed by atoms with Crippen molar-refractivity contribution < 1.29 is 13.9 Å². The minimum absolute atomic E-state index is 0.0169. The lowest BCUT2D eigenvalue weighted by Crippen LogP contribution is -2.38. The highest BCUT2D eigenvalue weighted by molar-refractivity contribution is 5.83. The number of ether oxygens (including phenoxy) is 1. The fourth-order valence-corrected chi connectivity index (χ4v) is 3.43. The van der Waals surface area contributed by atoms with Gasteiger partial charge < -0.3 is 14.5 Å². The van der Waals surface area contributed by atoms with Gasteiger partial charge in [-0.05, 0) is 31.9 Å². The maximum Gasteiger partial charge on any atom is 0.224 e. The quantitative estimate of drug-likeness (QED) is 0.938. The van der Waals surface area contributed by atoms with Gasteiger partial charge in [0.2, 0.25) is 5.91 Å². The molecular formula is C17H21N3O3. The highest BCUT2D eigenvalue weighted by atomic mass is 16.5. The van der Waals surface area contributed by atoms with Crippen LogP contribution in [0, 0.1) is 12.8 Å². The molecule has 4 atom stereocenters. The number of hydrogen-bond donors (Lipinski definition) is 1. The van der Waals surface area contributed by atoms with Gasteiger partial charge >= 0.3 is 0 Å². The molecule has 0 unspecified atom stereocenters. The van der Waals surface area contributed by atoms with E-state index in [1.165, 1.54) is 0 Å². The molecule has 2 aliphatic rings. The van der Waals surface area contributed by atoms with E-state index in [1.54, 1.807) is 6.26 Å². The molecule has 1 aliphatic heterocycles. The lowest BCUT2D eigenvalue weighted by Gasteiger charge is -2.20. The van der Waals surface area contributed by atoms with Crippen molar-refractivity contribution in [3.05, 3.63) is 41.6 Å². The molecule has 4 rings (SSSR count). The van der Waals surface area contributed by atoms with Crippen LogP contribution >= 0.6 is 0 Å². The van der Waals surface area contributed by atoms with Gasteiger partial charge in [-0.25, -0.2) is 0 Å².